The van der Waals surface area contributed by atoms with E-state index in [1.54, 1.807) is 0 Å². The fraction of sp³-hybridized carbons (Fsp3) is 0.355. The maximum absolute atomic E-state index is 13.5. The Hall–Kier alpha value is -4.87. The Morgan fingerprint density at radius 2 is 1.75 bits per heavy atom. The number of phenolic OH excluding ortho intramolecular Hbond substituents is 1. The molecule has 1 aromatic heterocycles. The molecule has 9 N–H and O–H groups in total. The van der Waals surface area contributed by atoms with E-state index in [-0.39, 0.29) is 65.7 Å². The summed E-state index contributed by atoms with van der Waals surface area (Å²) < 4.78 is 58.3. The van der Waals surface area contributed by atoms with Crippen molar-refractivity contribution < 1.29 is 75.4 Å². The Labute approximate surface area is 329 Å². The van der Waals surface area contributed by atoms with E-state index >= 15 is 0 Å². The first kappa shape index (κ1) is 43.7. The standard InChI is InChI=1S/C31H35N6O19P3/c38-18-1-2-19-23(11-18)54-27-20(34-19)3-4-21(39)26(27)30(43)36-9-6-16(7-10-36)28(41)33-15-32-8-5-17-13-37(31(44)35-29(17)42)25-12-22(40)24(53-25)14-52-58(48,49)56-59(50,51)55-57(45,46)47/h1-5,8,11,13,16,22,24-25,32,39-40H,6-7,9-10,12,14-15H2,(H,33,41)(H,48,49)(H,50,51)(H,35,42,44)(H2,45,46,47)/b8-5+/t22-,24+,25+/m0/s1. The van der Waals surface area contributed by atoms with Gasteiger partial charge in [0.25, 0.3) is 11.5 Å². The van der Waals surface area contributed by atoms with Crippen molar-refractivity contribution in [2.75, 3.05) is 26.4 Å². The SMILES string of the molecule is O=C(NCN/C=C/c1cn([C@H]2C[C@H](O)[C@@H](COP(=O)(O)OP(=O)(O)OP(=O)(O)O)O2)c(=O)[nH]c1=O)C1CCN(C(=O)c2c(O)ccc3nc4ccc(=O)cc-4oc23)CC1. The zero-order valence-electron chi connectivity index (χ0n) is 30.1. The van der Waals surface area contributed by atoms with Gasteiger partial charge in [-0.2, -0.15) is 8.62 Å². The first-order valence-electron chi connectivity index (χ1n) is 17.2. The van der Waals surface area contributed by atoms with E-state index in [1.165, 1.54) is 47.5 Å². The minimum absolute atomic E-state index is 0.0147. The van der Waals surface area contributed by atoms with Crippen LogP contribution in [0.5, 0.6) is 5.75 Å². The number of aromatic amines is 1. The van der Waals surface area contributed by atoms with Crippen LogP contribution in [0.4, 0.5) is 0 Å². The van der Waals surface area contributed by atoms with E-state index in [1.807, 2.05) is 0 Å². The summed E-state index contributed by atoms with van der Waals surface area (Å²) in [4.78, 5) is 108. The summed E-state index contributed by atoms with van der Waals surface area (Å²) in [6.45, 7) is -0.702. The van der Waals surface area contributed by atoms with Gasteiger partial charge >= 0.3 is 29.2 Å². The summed E-state index contributed by atoms with van der Waals surface area (Å²) in [5.41, 5.74) is -1.58. The number of nitrogens with zero attached hydrogens (tertiary/aromatic N) is 3. The summed E-state index contributed by atoms with van der Waals surface area (Å²) in [5.74, 6) is -1.51. The molecule has 3 aliphatic heterocycles. The van der Waals surface area contributed by atoms with Crippen molar-refractivity contribution in [3.63, 3.8) is 0 Å². The topological polar surface area (TPSA) is 369 Å². The van der Waals surface area contributed by atoms with E-state index < -0.39 is 71.6 Å². The van der Waals surface area contributed by atoms with Gasteiger partial charge in [-0.15, -0.1) is 0 Å². The molecular formula is C31H35N6O19P3. The zero-order chi connectivity index (χ0) is 42.9. The molecule has 2 saturated heterocycles. The van der Waals surface area contributed by atoms with Gasteiger partial charge in [0.2, 0.25) is 5.91 Å². The number of aromatic nitrogens is 3. The van der Waals surface area contributed by atoms with E-state index in [0.29, 0.717) is 24.1 Å². The lowest BCUT2D eigenvalue weighted by atomic mass is 9.95. The lowest BCUT2D eigenvalue weighted by molar-refractivity contribution is -0.126. The fourth-order valence-corrected chi connectivity index (χ4v) is 9.23. The average Bonchev–Trinajstić information content (AvgIpc) is 3.51. The van der Waals surface area contributed by atoms with Crippen LogP contribution in [-0.2, 0) is 36.4 Å². The van der Waals surface area contributed by atoms with Crippen molar-refractivity contribution >= 4 is 52.5 Å². The summed E-state index contributed by atoms with van der Waals surface area (Å²) in [6, 6.07) is 6.87. The minimum Gasteiger partial charge on any atom is -0.507 e. The van der Waals surface area contributed by atoms with Crippen LogP contribution in [0, 0.1) is 5.92 Å². The Bertz CT molecular complexity index is 2580. The van der Waals surface area contributed by atoms with Gasteiger partial charge in [0, 0.05) is 37.7 Å². The number of hydrogen-bond acceptors (Lipinski definition) is 17. The number of piperidine rings is 1. The second kappa shape index (κ2) is 17.4. The number of rotatable bonds is 14. The third-order valence-electron chi connectivity index (χ3n) is 8.94. The number of phenols is 1. The first-order valence-corrected chi connectivity index (χ1v) is 21.7. The van der Waals surface area contributed by atoms with Gasteiger partial charge in [0.15, 0.2) is 16.8 Å². The number of phosphoric acid groups is 3. The Kier molecular flexibility index (Phi) is 12.9. The number of hydrogen-bond donors (Lipinski definition) is 9. The second-order valence-electron chi connectivity index (χ2n) is 13.0. The highest BCUT2D eigenvalue weighted by atomic mass is 31.3. The number of amides is 2. The van der Waals surface area contributed by atoms with Gasteiger partial charge in [-0.05, 0) is 49.4 Å². The quantitative estimate of drug-likeness (QED) is 0.0349. The van der Waals surface area contributed by atoms with Gasteiger partial charge in [-0.25, -0.2) is 23.5 Å². The van der Waals surface area contributed by atoms with Crippen LogP contribution in [0.2, 0.25) is 0 Å². The van der Waals surface area contributed by atoms with E-state index in [4.69, 9.17) is 18.9 Å². The normalized spacial score (nSPS) is 21.1. The summed E-state index contributed by atoms with van der Waals surface area (Å²) in [6.07, 6.45) is -0.226. The van der Waals surface area contributed by atoms with Crippen LogP contribution in [0.15, 0.2) is 61.5 Å². The van der Waals surface area contributed by atoms with Gasteiger partial charge in [-0.1, -0.05) is 0 Å². The molecule has 6 rings (SSSR count). The highest BCUT2D eigenvalue weighted by Crippen LogP contribution is 2.66. The number of aliphatic hydroxyl groups excluding tert-OH is 1. The highest BCUT2D eigenvalue weighted by molar-refractivity contribution is 7.66. The van der Waals surface area contributed by atoms with Gasteiger partial charge in [0.05, 0.1) is 24.9 Å². The molecule has 318 valence electrons. The zero-order valence-corrected chi connectivity index (χ0v) is 32.7. The second-order valence-corrected chi connectivity index (χ2v) is 17.5. The van der Waals surface area contributed by atoms with E-state index in [0.717, 1.165) is 10.8 Å². The molecule has 1 aliphatic carbocycles. The number of carbonyl (C=O) groups excluding carboxylic acids is 2. The summed E-state index contributed by atoms with van der Waals surface area (Å²) in [5, 5.41) is 26.5. The molecule has 5 atom stereocenters. The molecule has 28 heteroatoms. The maximum Gasteiger partial charge on any atom is 0.490 e. The van der Waals surface area contributed by atoms with Gasteiger partial charge in [-0.3, -0.25) is 33.3 Å². The van der Waals surface area contributed by atoms with Crippen molar-refractivity contribution in [3.8, 4) is 17.2 Å². The molecule has 2 fully saturated rings. The number of fused-ring (bicyclic) bond motifs is 2. The molecule has 4 aliphatic rings. The molecule has 2 amide bonds. The monoisotopic (exact) mass is 888 g/mol. The van der Waals surface area contributed by atoms with Crippen LogP contribution < -0.4 is 27.3 Å². The van der Waals surface area contributed by atoms with Crippen molar-refractivity contribution in [1.29, 1.82) is 0 Å². The number of nitrogens with one attached hydrogen (secondary N) is 3. The van der Waals surface area contributed by atoms with Crippen molar-refractivity contribution in [2.45, 2.75) is 37.7 Å². The molecule has 2 unspecified atom stereocenters. The molecule has 0 bridgehead atoms. The average molecular weight is 889 g/mol. The number of ether oxygens (including phenoxy) is 1. The van der Waals surface area contributed by atoms with Crippen LogP contribution >= 0.6 is 23.5 Å². The largest absolute Gasteiger partial charge is 0.507 e. The first-order chi connectivity index (χ1) is 27.7. The van der Waals surface area contributed by atoms with E-state index in [9.17, 15) is 57.7 Å². The molecule has 59 heavy (non-hydrogen) atoms. The number of aromatic hydroxyl groups is 1. The maximum atomic E-state index is 13.5. The Morgan fingerprint density at radius 3 is 2.46 bits per heavy atom. The summed E-state index contributed by atoms with van der Waals surface area (Å²) in [7, 11) is -16.9. The molecule has 0 spiro atoms. The van der Waals surface area contributed by atoms with Crippen molar-refractivity contribution in [2.24, 2.45) is 5.92 Å². The summed E-state index contributed by atoms with van der Waals surface area (Å²) >= 11 is 0. The fourth-order valence-electron chi connectivity index (χ4n) is 6.20. The number of benzene rings is 2. The van der Waals surface area contributed by atoms with Crippen LogP contribution in [0.1, 0.15) is 41.4 Å². The van der Waals surface area contributed by atoms with Crippen molar-refractivity contribution in [3.05, 3.63) is 84.9 Å². The highest BCUT2D eigenvalue weighted by Gasteiger charge is 2.43. The molecule has 1 aromatic carbocycles. The molecule has 2 aromatic rings. The Balaban J connectivity index is 0.986. The smallest absolute Gasteiger partial charge is 0.490 e. The molecular weight excluding hydrogens is 853 g/mol. The Morgan fingerprint density at radius 1 is 1.02 bits per heavy atom. The van der Waals surface area contributed by atoms with Gasteiger partial charge in [0.1, 0.15) is 34.9 Å². The lowest BCUT2D eigenvalue weighted by Crippen LogP contribution is -2.44. The number of carbonyl (C=O) groups is 2. The number of likely N-dealkylation sites (tertiary alicyclic amines) is 1. The van der Waals surface area contributed by atoms with E-state index in [2.05, 4.69) is 33.7 Å². The molecule has 25 nitrogen and oxygen atoms in total. The van der Waals surface area contributed by atoms with Crippen LogP contribution in [-0.4, -0.2) is 99.6 Å². The predicted molar refractivity (Wildman–Crippen MR) is 198 cm³/mol. The van der Waals surface area contributed by atoms with Gasteiger partial charge < -0.3 is 54.5 Å². The number of aliphatic hydroxyl groups is 1. The van der Waals surface area contributed by atoms with Crippen LogP contribution in [0.3, 0.4) is 0 Å². The van der Waals surface area contributed by atoms with Crippen LogP contribution in [0.25, 0.3) is 28.6 Å². The number of H-pyrrole nitrogens is 1. The lowest BCUT2D eigenvalue weighted by Gasteiger charge is -2.31. The van der Waals surface area contributed by atoms with Crippen molar-refractivity contribution in [1.82, 2.24) is 30.1 Å². The predicted octanol–water partition coefficient (Wildman–Crippen LogP) is 0.0265. The number of phosphoric ester groups is 1. The molecule has 4 heterocycles. The molecule has 0 radical (unpaired) electrons. The third-order valence-corrected chi connectivity index (χ3v) is 12.7. The molecule has 0 saturated carbocycles. The third kappa shape index (κ3) is 10.9. The minimum atomic E-state index is -5.79.